The molecule has 4 heteroatoms. The van der Waals surface area contributed by atoms with Gasteiger partial charge in [0.1, 0.15) is 5.82 Å². The minimum absolute atomic E-state index is 0.0324. The van der Waals surface area contributed by atoms with Gasteiger partial charge in [0.2, 0.25) is 0 Å². The molecule has 2 atom stereocenters. The molecule has 3 nitrogen and oxygen atoms in total. The summed E-state index contributed by atoms with van der Waals surface area (Å²) >= 11 is 0. The highest BCUT2D eigenvalue weighted by Gasteiger charge is 2.29. The number of piperidine rings is 2. The maximum Gasteiger partial charge on any atom is 0.146 e. The Labute approximate surface area is 158 Å². The van der Waals surface area contributed by atoms with Crippen molar-refractivity contribution in [3.8, 4) is 0 Å². The second-order valence-corrected chi connectivity index (χ2v) is 7.93. The van der Waals surface area contributed by atoms with Crippen LogP contribution in [0, 0.1) is 11.7 Å². The van der Waals surface area contributed by atoms with Crippen molar-refractivity contribution in [2.75, 3.05) is 44.8 Å². The third kappa shape index (κ3) is 4.98. The Hall–Kier alpha value is -1.13. The summed E-state index contributed by atoms with van der Waals surface area (Å²) in [4.78, 5) is 2.31. The lowest BCUT2D eigenvalue weighted by molar-refractivity contribution is 0.189. The number of unbranched alkanes of at least 4 members (excludes halogenated alkanes) is 1. The quantitative estimate of drug-likeness (QED) is 0.678. The number of ether oxygens (including phenoxy) is 1. The van der Waals surface area contributed by atoms with Gasteiger partial charge in [-0.05, 0) is 81.5 Å². The molecule has 0 radical (unpaired) electrons. The minimum Gasteiger partial charge on any atom is -0.385 e. The SMILES string of the molecule is COCCCC[C@H](c1cccc(F)c1N1CCCCC1)[C@H]1CCCNC1. The topological polar surface area (TPSA) is 24.5 Å². The van der Waals surface area contributed by atoms with Crippen molar-refractivity contribution in [1.82, 2.24) is 5.32 Å². The molecule has 0 bridgehead atoms. The lowest BCUT2D eigenvalue weighted by atomic mass is 9.77. The van der Waals surface area contributed by atoms with E-state index in [9.17, 15) is 4.39 Å². The van der Waals surface area contributed by atoms with Crippen LogP contribution in [0.5, 0.6) is 0 Å². The Bertz CT molecular complexity index is 539. The van der Waals surface area contributed by atoms with Crippen LogP contribution >= 0.6 is 0 Å². The molecule has 26 heavy (non-hydrogen) atoms. The van der Waals surface area contributed by atoms with Crippen LogP contribution in [-0.2, 0) is 4.74 Å². The van der Waals surface area contributed by atoms with Gasteiger partial charge in [0, 0.05) is 26.8 Å². The van der Waals surface area contributed by atoms with Crippen molar-refractivity contribution in [2.24, 2.45) is 5.92 Å². The van der Waals surface area contributed by atoms with E-state index in [2.05, 4.69) is 16.3 Å². The van der Waals surface area contributed by atoms with Crippen molar-refractivity contribution in [1.29, 1.82) is 0 Å². The van der Waals surface area contributed by atoms with Crippen molar-refractivity contribution in [3.63, 3.8) is 0 Å². The Morgan fingerprint density at radius 2 is 2.04 bits per heavy atom. The van der Waals surface area contributed by atoms with E-state index in [4.69, 9.17) is 4.74 Å². The van der Waals surface area contributed by atoms with Gasteiger partial charge in [0.25, 0.3) is 0 Å². The molecular weight excluding hydrogens is 327 g/mol. The molecule has 146 valence electrons. The van der Waals surface area contributed by atoms with Gasteiger partial charge < -0.3 is 15.0 Å². The first-order valence-corrected chi connectivity index (χ1v) is 10.5. The zero-order valence-electron chi connectivity index (χ0n) is 16.3. The van der Waals surface area contributed by atoms with E-state index in [-0.39, 0.29) is 5.82 Å². The number of nitrogens with zero attached hydrogens (tertiary/aromatic N) is 1. The van der Waals surface area contributed by atoms with Gasteiger partial charge in [0.15, 0.2) is 0 Å². The molecule has 0 aliphatic carbocycles. The van der Waals surface area contributed by atoms with Crippen LogP contribution in [0.15, 0.2) is 18.2 Å². The molecule has 1 N–H and O–H groups in total. The van der Waals surface area contributed by atoms with Gasteiger partial charge >= 0.3 is 0 Å². The third-order valence-corrected chi connectivity index (χ3v) is 6.11. The second kappa shape index (κ2) is 10.3. The van der Waals surface area contributed by atoms with E-state index in [0.29, 0.717) is 11.8 Å². The molecular formula is C22H35FN2O. The number of hydrogen-bond acceptors (Lipinski definition) is 3. The fourth-order valence-corrected chi connectivity index (χ4v) is 4.76. The molecule has 0 aromatic heterocycles. The molecule has 2 aliphatic rings. The summed E-state index contributed by atoms with van der Waals surface area (Å²) in [6.45, 7) is 4.98. The van der Waals surface area contributed by atoms with Crippen LogP contribution in [0.25, 0.3) is 0 Å². The van der Waals surface area contributed by atoms with Crippen molar-refractivity contribution in [3.05, 3.63) is 29.6 Å². The van der Waals surface area contributed by atoms with Gasteiger partial charge in [-0.3, -0.25) is 0 Å². The number of hydrogen-bond donors (Lipinski definition) is 1. The summed E-state index contributed by atoms with van der Waals surface area (Å²) in [5.41, 5.74) is 2.15. The minimum atomic E-state index is -0.0324. The Morgan fingerprint density at radius 3 is 2.77 bits per heavy atom. The molecule has 3 rings (SSSR count). The van der Waals surface area contributed by atoms with E-state index in [1.54, 1.807) is 13.2 Å². The van der Waals surface area contributed by atoms with Gasteiger partial charge in [-0.25, -0.2) is 4.39 Å². The van der Waals surface area contributed by atoms with E-state index < -0.39 is 0 Å². The largest absolute Gasteiger partial charge is 0.385 e. The fourth-order valence-electron chi connectivity index (χ4n) is 4.76. The highest BCUT2D eigenvalue weighted by Crippen LogP contribution is 2.40. The molecule has 1 aromatic rings. The summed E-state index contributed by atoms with van der Waals surface area (Å²) in [5.74, 6) is 1.01. The summed E-state index contributed by atoms with van der Waals surface area (Å²) in [7, 11) is 1.77. The van der Waals surface area contributed by atoms with Crippen LogP contribution in [0.1, 0.15) is 62.8 Å². The predicted octanol–water partition coefficient (Wildman–Crippen LogP) is 4.72. The number of methoxy groups -OCH3 is 1. The first-order chi connectivity index (χ1) is 12.8. The number of halogens is 1. The normalized spacial score (nSPS) is 22.4. The van der Waals surface area contributed by atoms with E-state index >= 15 is 0 Å². The lowest BCUT2D eigenvalue weighted by Crippen LogP contribution is -2.35. The highest BCUT2D eigenvalue weighted by atomic mass is 19.1. The van der Waals surface area contributed by atoms with Gasteiger partial charge in [-0.15, -0.1) is 0 Å². The molecule has 0 amide bonds. The van der Waals surface area contributed by atoms with Gasteiger partial charge in [0.05, 0.1) is 5.69 Å². The molecule has 2 saturated heterocycles. The molecule has 0 unspecified atom stereocenters. The number of benzene rings is 1. The number of nitrogens with one attached hydrogen (secondary N) is 1. The Balaban J connectivity index is 1.85. The van der Waals surface area contributed by atoms with E-state index in [1.165, 1.54) is 37.7 Å². The summed E-state index contributed by atoms with van der Waals surface area (Å²) < 4.78 is 20.2. The zero-order chi connectivity index (χ0) is 18.2. The van der Waals surface area contributed by atoms with Crippen LogP contribution < -0.4 is 10.2 Å². The highest BCUT2D eigenvalue weighted by molar-refractivity contribution is 5.57. The van der Waals surface area contributed by atoms with Crippen LogP contribution in [0.3, 0.4) is 0 Å². The zero-order valence-corrected chi connectivity index (χ0v) is 16.3. The number of para-hydroxylation sites is 1. The van der Waals surface area contributed by atoms with E-state index in [1.807, 2.05) is 6.07 Å². The average Bonchev–Trinajstić information content (AvgIpc) is 2.69. The smallest absolute Gasteiger partial charge is 0.146 e. The van der Waals surface area contributed by atoms with Crippen LogP contribution in [0.4, 0.5) is 10.1 Å². The summed E-state index contributed by atoms with van der Waals surface area (Å²) in [6.07, 6.45) is 9.46. The van der Waals surface area contributed by atoms with E-state index in [0.717, 1.165) is 57.7 Å². The second-order valence-electron chi connectivity index (χ2n) is 7.93. The first kappa shape index (κ1) is 19.6. The predicted molar refractivity (Wildman–Crippen MR) is 107 cm³/mol. The molecule has 0 saturated carbocycles. The Morgan fingerprint density at radius 1 is 1.19 bits per heavy atom. The molecule has 2 fully saturated rings. The Kier molecular flexibility index (Phi) is 7.75. The average molecular weight is 363 g/mol. The van der Waals surface area contributed by atoms with Crippen molar-refractivity contribution >= 4 is 5.69 Å². The van der Waals surface area contributed by atoms with Gasteiger partial charge in [-0.1, -0.05) is 18.6 Å². The van der Waals surface area contributed by atoms with Crippen molar-refractivity contribution in [2.45, 2.75) is 57.3 Å². The molecule has 1 aromatic carbocycles. The summed E-state index contributed by atoms with van der Waals surface area (Å²) in [6, 6.07) is 5.76. The molecule has 2 aliphatic heterocycles. The maximum atomic E-state index is 14.9. The fraction of sp³-hybridized carbons (Fsp3) is 0.727. The lowest BCUT2D eigenvalue weighted by Gasteiger charge is -2.36. The van der Waals surface area contributed by atoms with Gasteiger partial charge in [-0.2, -0.15) is 0 Å². The third-order valence-electron chi connectivity index (χ3n) is 6.11. The van der Waals surface area contributed by atoms with Crippen molar-refractivity contribution < 1.29 is 9.13 Å². The summed E-state index contributed by atoms with van der Waals surface area (Å²) in [5, 5.41) is 3.57. The molecule has 2 heterocycles. The van der Waals surface area contributed by atoms with Crippen LogP contribution in [-0.4, -0.2) is 39.9 Å². The number of rotatable bonds is 8. The standard InChI is InChI=1S/C22H35FN2O/c1-26-16-6-3-10-19(18-9-8-13-24-17-18)20-11-7-12-21(23)22(20)25-14-4-2-5-15-25/h7,11-12,18-19,24H,2-6,8-10,13-17H2,1H3/t18-,19-/m0/s1. The maximum absolute atomic E-state index is 14.9. The monoisotopic (exact) mass is 362 g/mol. The van der Waals surface area contributed by atoms with Crippen LogP contribution in [0.2, 0.25) is 0 Å². The molecule has 0 spiro atoms. The first-order valence-electron chi connectivity index (χ1n) is 10.5. The number of anilines is 1.